The van der Waals surface area contributed by atoms with Gasteiger partial charge in [0, 0.05) is 6.42 Å². The molecule has 0 unspecified atom stereocenters. The lowest BCUT2D eigenvalue weighted by atomic mass is 10.0. The van der Waals surface area contributed by atoms with Gasteiger partial charge < -0.3 is 5.11 Å². The Balaban J connectivity index is 3.00. The summed E-state index contributed by atoms with van der Waals surface area (Å²) >= 11 is 5.39. The molecule has 0 amide bonds. The molecule has 0 saturated heterocycles. The van der Waals surface area contributed by atoms with Crippen LogP contribution in [0.1, 0.15) is 21.5 Å². The molecule has 0 bridgehead atoms. The minimum Gasteiger partial charge on any atom is -0.478 e. The first kappa shape index (κ1) is 11.7. The summed E-state index contributed by atoms with van der Waals surface area (Å²) in [5.74, 6) is -1.15. The number of halogens is 1. The maximum absolute atomic E-state index is 11.1. The average molecular weight is 227 g/mol. The molecule has 15 heavy (non-hydrogen) atoms. The number of Topliss-reactive ketones (excluding diaryl/α,β-unsaturated/α-hetero) is 1. The third-order valence-electron chi connectivity index (χ3n) is 2.13. The Morgan fingerprint density at radius 3 is 2.60 bits per heavy atom. The SMILES string of the molecule is Cc1ccc(C(=O)O)cc1CC(=O)CCl. The van der Waals surface area contributed by atoms with E-state index in [1.54, 1.807) is 6.07 Å². The molecule has 0 saturated carbocycles. The van der Waals surface area contributed by atoms with E-state index < -0.39 is 5.97 Å². The monoisotopic (exact) mass is 226 g/mol. The van der Waals surface area contributed by atoms with E-state index in [0.717, 1.165) is 11.1 Å². The van der Waals surface area contributed by atoms with Gasteiger partial charge in [-0.15, -0.1) is 11.6 Å². The molecule has 80 valence electrons. The van der Waals surface area contributed by atoms with E-state index >= 15 is 0 Å². The Morgan fingerprint density at radius 1 is 1.40 bits per heavy atom. The number of rotatable bonds is 4. The highest BCUT2D eigenvalue weighted by Crippen LogP contribution is 2.12. The van der Waals surface area contributed by atoms with Crippen LogP contribution in [0.15, 0.2) is 18.2 Å². The van der Waals surface area contributed by atoms with Crippen LogP contribution in [0.3, 0.4) is 0 Å². The van der Waals surface area contributed by atoms with Gasteiger partial charge in [-0.05, 0) is 30.2 Å². The number of carboxylic acids is 1. The standard InChI is InChI=1S/C11H11ClO3/c1-7-2-3-8(11(14)15)4-9(7)5-10(13)6-12/h2-4H,5-6H2,1H3,(H,14,15). The molecule has 1 N–H and O–H groups in total. The van der Waals surface area contributed by atoms with Gasteiger partial charge in [-0.3, -0.25) is 4.79 Å². The molecule has 0 radical (unpaired) electrons. The van der Waals surface area contributed by atoms with E-state index in [-0.39, 0.29) is 23.6 Å². The number of alkyl halides is 1. The largest absolute Gasteiger partial charge is 0.478 e. The molecule has 3 nitrogen and oxygen atoms in total. The van der Waals surface area contributed by atoms with E-state index in [9.17, 15) is 9.59 Å². The molecule has 0 aromatic heterocycles. The summed E-state index contributed by atoms with van der Waals surface area (Å²) in [5, 5.41) is 8.78. The Bertz CT molecular complexity index is 399. The van der Waals surface area contributed by atoms with Crippen molar-refractivity contribution in [3.05, 3.63) is 34.9 Å². The van der Waals surface area contributed by atoms with Gasteiger partial charge in [0.25, 0.3) is 0 Å². The van der Waals surface area contributed by atoms with Crippen LogP contribution in [-0.2, 0) is 11.2 Å². The smallest absolute Gasteiger partial charge is 0.335 e. The van der Waals surface area contributed by atoms with Gasteiger partial charge in [0.1, 0.15) is 0 Å². The van der Waals surface area contributed by atoms with Crippen molar-refractivity contribution in [1.29, 1.82) is 0 Å². The van der Waals surface area contributed by atoms with Gasteiger partial charge in [-0.2, -0.15) is 0 Å². The fraction of sp³-hybridized carbons (Fsp3) is 0.273. The molecule has 0 aliphatic heterocycles. The molecule has 1 aromatic rings. The molecule has 0 heterocycles. The van der Waals surface area contributed by atoms with Crippen LogP contribution < -0.4 is 0 Å². The van der Waals surface area contributed by atoms with Crippen LogP contribution in [-0.4, -0.2) is 22.7 Å². The molecule has 0 aliphatic carbocycles. The van der Waals surface area contributed by atoms with Gasteiger partial charge >= 0.3 is 5.97 Å². The minimum atomic E-state index is -0.991. The minimum absolute atomic E-state index is 0.0449. The maximum atomic E-state index is 11.1. The lowest BCUT2D eigenvalue weighted by Crippen LogP contribution is -2.07. The van der Waals surface area contributed by atoms with Crippen LogP contribution in [0, 0.1) is 6.92 Å². The number of carboxylic acid groups (broad SMARTS) is 1. The summed E-state index contributed by atoms with van der Waals surface area (Å²) in [4.78, 5) is 21.8. The Kier molecular flexibility index (Phi) is 3.86. The zero-order valence-electron chi connectivity index (χ0n) is 8.29. The number of aromatic carboxylic acids is 1. The zero-order chi connectivity index (χ0) is 11.4. The summed E-state index contributed by atoms with van der Waals surface area (Å²) in [6.07, 6.45) is 0.191. The van der Waals surface area contributed by atoms with Crippen molar-refractivity contribution >= 4 is 23.4 Å². The molecule has 0 atom stereocenters. The van der Waals surface area contributed by atoms with Gasteiger partial charge in [-0.1, -0.05) is 6.07 Å². The highest BCUT2D eigenvalue weighted by Gasteiger charge is 2.09. The lowest BCUT2D eigenvalue weighted by molar-refractivity contribution is -0.116. The Labute approximate surface area is 92.7 Å². The summed E-state index contributed by atoms with van der Waals surface area (Å²) in [7, 11) is 0. The van der Waals surface area contributed by atoms with Crippen molar-refractivity contribution in [1.82, 2.24) is 0 Å². The van der Waals surface area contributed by atoms with Gasteiger partial charge in [-0.25, -0.2) is 4.79 Å². The number of hydrogen-bond acceptors (Lipinski definition) is 2. The number of hydrogen-bond donors (Lipinski definition) is 1. The molecule has 0 fully saturated rings. The number of benzene rings is 1. The second kappa shape index (κ2) is 4.94. The normalized spacial score (nSPS) is 10.0. The topological polar surface area (TPSA) is 54.4 Å². The van der Waals surface area contributed by atoms with E-state index in [1.165, 1.54) is 12.1 Å². The first-order valence-corrected chi connectivity index (χ1v) is 4.98. The van der Waals surface area contributed by atoms with Crippen LogP contribution in [0.4, 0.5) is 0 Å². The highest BCUT2D eigenvalue weighted by atomic mass is 35.5. The predicted molar refractivity (Wildman–Crippen MR) is 57.6 cm³/mol. The second-order valence-electron chi connectivity index (χ2n) is 3.30. The van der Waals surface area contributed by atoms with Crippen LogP contribution >= 0.6 is 11.6 Å². The zero-order valence-corrected chi connectivity index (χ0v) is 9.04. The van der Waals surface area contributed by atoms with Crippen molar-refractivity contribution in [3.63, 3.8) is 0 Å². The number of ketones is 1. The molecule has 1 aromatic carbocycles. The third kappa shape index (κ3) is 3.06. The van der Waals surface area contributed by atoms with Crippen molar-refractivity contribution in [2.75, 3.05) is 5.88 Å². The highest BCUT2D eigenvalue weighted by molar-refractivity contribution is 6.27. The Hall–Kier alpha value is -1.35. The summed E-state index contributed by atoms with van der Waals surface area (Å²) in [6, 6.07) is 4.73. The van der Waals surface area contributed by atoms with Crippen molar-refractivity contribution in [2.45, 2.75) is 13.3 Å². The average Bonchev–Trinajstić information content (AvgIpc) is 2.20. The first-order valence-electron chi connectivity index (χ1n) is 4.45. The molecular weight excluding hydrogens is 216 g/mol. The quantitative estimate of drug-likeness (QED) is 0.800. The van der Waals surface area contributed by atoms with Crippen LogP contribution in [0.2, 0.25) is 0 Å². The van der Waals surface area contributed by atoms with E-state index in [1.807, 2.05) is 6.92 Å². The maximum Gasteiger partial charge on any atom is 0.335 e. The molecule has 1 rings (SSSR count). The fourth-order valence-corrected chi connectivity index (χ4v) is 1.35. The van der Waals surface area contributed by atoms with E-state index in [0.29, 0.717) is 0 Å². The van der Waals surface area contributed by atoms with Gasteiger partial charge in [0.2, 0.25) is 0 Å². The van der Waals surface area contributed by atoms with Crippen molar-refractivity contribution < 1.29 is 14.7 Å². The first-order chi connectivity index (χ1) is 7.04. The number of carbonyl (C=O) groups is 2. The molecular formula is C11H11ClO3. The van der Waals surface area contributed by atoms with Crippen molar-refractivity contribution in [3.8, 4) is 0 Å². The number of aryl methyl sites for hydroxylation is 1. The fourth-order valence-electron chi connectivity index (χ4n) is 1.25. The van der Waals surface area contributed by atoms with E-state index in [2.05, 4.69) is 0 Å². The van der Waals surface area contributed by atoms with Gasteiger partial charge in [0.05, 0.1) is 11.4 Å². The number of carbonyl (C=O) groups excluding carboxylic acids is 1. The Morgan fingerprint density at radius 2 is 2.07 bits per heavy atom. The van der Waals surface area contributed by atoms with Crippen LogP contribution in [0.25, 0.3) is 0 Å². The van der Waals surface area contributed by atoms with Crippen molar-refractivity contribution in [2.24, 2.45) is 0 Å². The van der Waals surface area contributed by atoms with Crippen LogP contribution in [0.5, 0.6) is 0 Å². The molecule has 4 heteroatoms. The lowest BCUT2D eigenvalue weighted by Gasteiger charge is -2.05. The third-order valence-corrected chi connectivity index (χ3v) is 2.43. The van der Waals surface area contributed by atoms with Gasteiger partial charge in [0.15, 0.2) is 5.78 Å². The summed E-state index contributed by atoms with van der Waals surface area (Å²) < 4.78 is 0. The summed E-state index contributed by atoms with van der Waals surface area (Å²) in [5.41, 5.74) is 1.82. The van der Waals surface area contributed by atoms with E-state index in [4.69, 9.17) is 16.7 Å². The molecule has 0 spiro atoms. The molecule has 0 aliphatic rings. The predicted octanol–water partition coefficient (Wildman–Crippen LogP) is 2.04. The summed E-state index contributed by atoms with van der Waals surface area (Å²) in [6.45, 7) is 1.84. The second-order valence-corrected chi connectivity index (χ2v) is 3.56.